The Labute approximate surface area is 110 Å². The van der Waals surface area contributed by atoms with Crippen LogP contribution in [0.4, 0.5) is 5.82 Å². The third kappa shape index (κ3) is 2.71. The highest BCUT2D eigenvalue weighted by molar-refractivity contribution is 5.72. The van der Waals surface area contributed by atoms with Crippen LogP contribution in [0.5, 0.6) is 0 Å². The van der Waals surface area contributed by atoms with Gasteiger partial charge in [0.1, 0.15) is 5.69 Å². The molecule has 0 aliphatic heterocycles. The van der Waals surface area contributed by atoms with Crippen molar-refractivity contribution in [3.8, 4) is 0 Å². The zero-order valence-corrected chi connectivity index (χ0v) is 11.9. The molecule has 3 heteroatoms. The van der Waals surface area contributed by atoms with Crippen LogP contribution >= 0.6 is 0 Å². The standard InChI is InChI=1S/C15H23N3/c1-5-16-15-14(17-11(3)12(4)18-15)13-8-6-10(2)7-9-13/h8,10H,5-7,9H2,1-4H3,(H,16,18). The van der Waals surface area contributed by atoms with Crippen LogP contribution in [0.1, 0.15) is 50.2 Å². The summed E-state index contributed by atoms with van der Waals surface area (Å²) in [6.45, 7) is 9.34. The first kappa shape index (κ1) is 13.1. The highest BCUT2D eigenvalue weighted by Gasteiger charge is 2.17. The van der Waals surface area contributed by atoms with Gasteiger partial charge >= 0.3 is 0 Å². The fourth-order valence-corrected chi connectivity index (χ4v) is 2.30. The molecule has 0 saturated carbocycles. The number of nitrogens with one attached hydrogen (secondary N) is 1. The van der Waals surface area contributed by atoms with Gasteiger partial charge in [0.25, 0.3) is 0 Å². The van der Waals surface area contributed by atoms with Crippen LogP contribution in [-0.4, -0.2) is 16.5 Å². The Balaban J connectivity index is 2.39. The predicted molar refractivity (Wildman–Crippen MR) is 76.7 cm³/mol. The van der Waals surface area contributed by atoms with E-state index in [2.05, 4.69) is 30.2 Å². The maximum absolute atomic E-state index is 4.75. The molecule has 98 valence electrons. The Morgan fingerprint density at radius 2 is 2.00 bits per heavy atom. The van der Waals surface area contributed by atoms with Crippen molar-refractivity contribution in [2.24, 2.45) is 5.92 Å². The summed E-state index contributed by atoms with van der Waals surface area (Å²) in [6.07, 6.45) is 5.88. The van der Waals surface area contributed by atoms with Crippen LogP contribution in [0, 0.1) is 19.8 Å². The van der Waals surface area contributed by atoms with Crippen molar-refractivity contribution in [2.75, 3.05) is 11.9 Å². The van der Waals surface area contributed by atoms with Crippen molar-refractivity contribution < 1.29 is 0 Å². The second-order valence-corrected chi connectivity index (χ2v) is 5.23. The third-order valence-corrected chi connectivity index (χ3v) is 3.63. The molecular weight excluding hydrogens is 222 g/mol. The fourth-order valence-electron chi connectivity index (χ4n) is 2.30. The Hall–Kier alpha value is -1.38. The summed E-state index contributed by atoms with van der Waals surface area (Å²) in [5.41, 5.74) is 4.47. The third-order valence-electron chi connectivity index (χ3n) is 3.63. The minimum absolute atomic E-state index is 0.802. The second-order valence-electron chi connectivity index (χ2n) is 5.23. The van der Waals surface area contributed by atoms with E-state index >= 15 is 0 Å². The predicted octanol–water partition coefficient (Wildman–Crippen LogP) is 3.73. The average Bonchev–Trinajstić information content (AvgIpc) is 2.35. The Morgan fingerprint density at radius 3 is 2.61 bits per heavy atom. The quantitative estimate of drug-likeness (QED) is 0.881. The van der Waals surface area contributed by atoms with Crippen LogP contribution in [0.25, 0.3) is 5.57 Å². The van der Waals surface area contributed by atoms with E-state index in [0.717, 1.165) is 48.2 Å². The van der Waals surface area contributed by atoms with Gasteiger partial charge < -0.3 is 5.32 Å². The number of hydrogen-bond donors (Lipinski definition) is 1. The number of aromatic nitrogens is 2. The van der Waals surface area contributed by atoms with Crippen LogP contribution in [-0.2, 0) is 0 Å². The zero-order chi connectivity index (χ0) is 13.1. The Bertz CT molecular complexity index is 463. The molecule has 1 heterocycles. The molecule has 0 amide bonds. The average molecular weight is 245 g/mol. The minimum Gasteiger partial charge on any atom is -0.369 e. The Kier molecular flexibility index (Phi) is 4.00. The van der Waals surface area contributed by atoms with Crippen molar-refractivity contribution >= 4 is 11.4 Å². The van der Waals surface area contributed by atoms with Gasteiger partial charge in [0.15, 0.2) is 5.82 Å². The summed E-state index contributed by atoms with van der Waals surface area (Å²) in [6, 6.07) is 0. The summed E-state index contributed by atoms with van der Waals surface area (Å²) in [5.74, 6) is 1.75. The smallest absolute Gasteiger partial charge is 0.152 e. The summed E-state index contributed by atoms with van der Waals surface area (Å²) in [7, 11) is 0. The Morgan fingerprint density at radius 1 is 1.28 bits per heavy atom. The SMILES string of the molecule is CCNc1nc(C)c(C)nc1C1=CCC(C)CC1. The van der Waals surface area contributed by atoms with E-state index in [1.54, 1.807) is 0 Å². The summed E-state index contributed by atoms with van der Waals surface area (Å²) in [5, 5.41) is 3.34. The van der Waals surface area contributed by atoms with Crippen molar-refractivity contribution in [3.63, 3.8) is 0 Å². The highest BCUT2D eigenvalue weighted by atomic mass is 15.0. The molecule has 1 aliphatic rings. The van der Waals surface area contributed by atoms with Gasteiger partial charge in [-0.15, -0.1) is 0 Å². The van der Waals surface area contributed by atoms with Crippen LogP contribution in [0.3, 0.4) is 0 Å². The van der Waals surface area contributed by atoms with Crippen LogP contribution in [0.2, 0.25) is 0 Å². The first-order valence-corrected chi connectivity index (χ1v) is 6.90. The molecule has 1 N–H and O–H groups in total. The molecule has 0 radical (unpaired) electrons. The van der Waals surface area contributed by atoms with E-state index in [1.807, 2.05) is 13.8 Å². The topological polar surface area (TPSA) is 37.8 Å². The number of aryl methyl sites for hydroxylation is 2. The lowest BCUT2D eigenvalue weighted by molar-refractivity contribution is 0.533. The summed E-state index contributed by atoms with van der Waals surface area (Å²) >= 11 is 0. The lowest BCUT2D eigenvalue weighted by Crippen LogP contribution is -2.10. The molecule has 3 nitrogen and oxygen atoms in total. The summed E-state index contributed by atoms with van der Waals surface area (Å²) < 4.78 is 0. The molecule has 2 rings (SSSR count). The molecule has 0 aromatic carbocycles. The van der Waals surface area contributed by atoms with E-state index in [1.165, 1.54) is 12.0 Å². The number of allylic oxidation sites excluding steroid dienone is 2. The molecule has 0 spiro atoms. The van der Waals surface area contributed by atoms with Crippen LogP contribution < -0.4 is 5.32 Å². The van der Waals surface area contributed by atoms with E-state index in [-0.39, 0.29) is 0 Å². The molecule has 0 saturated heterocycles. The largest absolute Gasteiger partial charge is 0.369 e. The van der Waals surface area contributed by atoms with Gasteiger partial charge in [-0.05, 0) is 51.5 Å². The molecule has 0 fully saturated rings. The molecule has 18 heavy (non-hydrogen) atoms. The number of rotatable bonds is 3. The maximum Gasteiger partial charge on any atom is 0.152 e. The van der Waals surface area contributed by atoms with Crippen molar-refractivity contribution in [2.45, 2.75) is 47.0 Å². The van der Waals surface area contributed by atoms with Gasteiger partial charge in [0, 0.05) is 6.54 Å². The lowest BCUT2D eigenvalue weighted by Gasteiger charge is -2.20. The van der Waals surface area contributed by atoms with Crippen molar-refractivity contribution in [1.82, 2.24) is 9.97 Å². The molecule has 1 atom stereocenters. The van der Waals surface area contributed by atoms with Gasteiger partial charge in [-0.3, -0.25) is 0 Å². The molecular formula is C15H23N3. The molecule has 0 bridgehead atoms. The first-order chi connectivity index (χ1) is 8.61. The zero-order valence-electron chi connectivity index (χ0n) is 11.9. The minimum atomic E-state index is 0.802. The number of nitrogens with zero attached hydrogens (tertiary/aromatic N) is 2. The molecule has 1 aromatic rings. The summed E-state index contributed by atoms with van der Waals surface area (Å²) in [4.78, 5) is 9.39. The van der Waals surface area contributed by atoms with Crippen molar-refractivity contribution in [3.05, 3.63) is 23.2 Å². The molecule has 1 unspecified atom stereocenters. The maximum atomic E-state index is 4.75. The van der Waals surface area contributed by atoms with Gasteiger partial charge in [-0.2, -0.15) is 0 Å². The van der Waals surface area contributed by atoms with Gasteiger partial charge in [-0.25, -0.2) is 9.97 Å². The first-order valence-electron chi connectivity index (χ1n) is 6.90. The number of hydrogen-bond acceptors (Lipinski definition) is 3. The van der Waals surface area contributed by atoms with E-state index < -0.39 is 0 Å². The number of anilines is 1. The highest BCUT2D eigenvalue weighted by Crippen LogP contribution is 2.32. The van der Waals surface area contributed by atoms with Gasteiger partial charge in [0.05, 0.1) is 11.4 Å². The van der Waals surface area contributed by atoms with E-state index in [0.29, 0.717) is 0 Å². The normalized spacial score (nSPS) is 19.6. The van der Waals surface area contributed by atoms with Crippen molar-refractivity contribution in [1.29, 1.82) is 0 Å². The van der Waals surface area contributed by atoms with E-state index in [9.17, 15) is 0 Å². The molecule has 1 aromatic heterocycles. The lowest BCUT2D eigenvalue weighted by atomic mass is 9.89. The molecule has 1 aliphatic carbocycles. The second kappa shape index (κ2) is 5.51. The van der Waals surface area contributed by atoms with E-state index in [4.69, 9.17) is 4.98 Å². The van der Waals surface area contributed by atoms with Gasteiger partial charge in [-0.1, -0.05) is 13.0 Å². The fraction of sp³-hybridized carbons (Fsp3) is 0.600. The monoisotopic (exact) mass is 245 g/mol. The van der Waals surface area contributed by atoms with Gasteiger partial charge in [0.2, 0.25) is 0 Å². The van der Waals surface area contributed by atoms with Crippen LogP contribution in [0.15, 0.2) is 6.08 Å².